The summed E-state index contributed by atoms with van der Waals surface area (Å²) in [6.07, 6.45) is 0.742. The van der Waals surface area contributed by atoms with Gasteiger partial charge >= 0.3 is 0 Å². The summed E-state index contributed by atoms with van der Waals surface area (Å²) in [5, 5.41) is 17.9. The highest BCUT2D eigenvalue weighted by atomic mass is 127. The van der Waals surface area contributed by atoms with Gasteiger partial charge in [0, 0.05) is 22.7 Å². The maximum Gasteiger partial charge on any atom is 0.0484 e. The summed E-state index contributed by atoms with van der Waals surface area (Å²) in [5.74, 6) is -0.0359. The van der Waals surface area contributed by atoms with E-state index in [1.807, 2.05) is 0 Å². The molecule has 0 radical (unpaired) electrons. The third-order valence-corrected chi connectivity index (χ3v) is 3.24. The Bertz CT molecular complexity index is 295. The number of hydrogen-bond donors (Lipinski definition) is 2. The highest BCUT2D eigenvalue weighted by molar-refractivity contribution is 14.1. The molecule has 0 amide bonds. The van der Waals surface area contributed by atoms with Gasteiger partial charge in [-0.05, 0) is 47.6 Å². The molecule has 0 saturated heterocycles. The zero-order valence-electron chi connectivity index (χ0n) is 8.20. The van der Waals surface area contributed by atoms with Gasteiger partial charge in [-0.15, -0.1) is 0 Å². The van der Waals surface area contributed by atoms with Crippen LogP contribution in [0, 0.1) is 16.4 Å². The molecule has 1 aromatic carbocycles. The molecule has 0 spiro atoms. The second kappa shape index (κ2) is 5.68. The van der Waals surface area contributed by atoms with E-state index in [1.54, 1.807) is 0 Å². The van der Waals surface area contributed by atoms with E-state index in [-0.39, 0.29) is 19.1 Å². The molecule has 0 aliphatic carbocycles. The molecule has 0 heterocycles. The van der Waals surface area contributed by atoms with E-state index in [2.05, 4.69) is 47.7 Å². The predicted molar refractivity (Wildman–Crippen MR) is 65.3 cm³/mol. The molecule has 0 atom stereocenters. The van der Waals surface area contributed by atoms with Crippen LogP contribution in [0.1, 0.15) is 11.1 Å². The van der Waals surface area contributed by atoms with Crippen molar-refractivity contribution in [3.05, 3.63) is 32.9 Å². The molecule has 0 fully saturated rings. The van der Waals surface area contributed by atoms with Gasteiger partial charge in [0.2, 0.25) is 0 Å². The van der Waals surface area contributed by atoms with Gasteiger partial charge in [0.15, 0.2) is 0 Å². The zero-order chi connectivity index (χ0) is 10.6. The lowest BCUT2D eigenvalue weighted by Gasteiger charge is -2.12. The molecule has 3 heteroatoms. The van der Waals surface area contributed by atoms with E-state index in [1.165, 1.54) is 14.7 Å². The number of aryl methyl sites for hydroxylation is 1. The Labute approximate surface area is 98.1 Å². The number of halogens is 1. The average molecular weight is 306 g/mol. The first-order valence-electron chi connectivity index (χ1n) is 4.64. The summed E-state index contributed by atoms with van der Waals surface area (Å²) in [7, 11) is 0. The van der Waals surface area contributed by atoms with Crippen LogP contribution in [0.2, 0.25) is 0 Å². The summed E-state index contributed by atoms with van der Waals surface area (Å²) in [6, 6.07) is 6.24. The lowest BCUT2D eigenvalue weighted by molar-refractivity contribution is 0.150. The Hall–Kier alpha value is -0.130. The van der Waals surface area contributed by atoms with Crippen LogP contribution < -0.4 is 0 Å². The van der Waals surface area contributed by atoms with E-state index in [4.69, 9.17) is 10.2 Å². The zero-order valence-corrected chi connectivity index (χ0v) is 10.4. The molecule has 0 unspecified atom stereocenters. The number of rotatable bonds is 4. The summed E-state index contributed by atoms with van der Waals surface area (Å²) in [4.78, 5) is 0. The fraction of sp³-hybridized carbons (Fsp3) is 0.455. The van der Waals surface area contributed by atoms with Crippen LogP contribution in [0.3, 0.4) is 0 Å². The van der Waals surface area contributed by atoms with E-state index >= 15 is 0 Å². The van der Waals surface area contributed by atoms with Crippen molar-refractivity contribution in [1.29, 1.82) is 0 Å². The third kappa shape index (κ3) is 3.22. The van der Waals surface area contributed by atoms with Crippen LogP contribution in [0.4, 0.5) is 0 Å². The van der Waals surface area contributed by atoms with Gasteiger partial charge in [0.05, 0.1) is 0 Å². The first-order valence-corrected chi connectivity index (χ1v) is 5.72. The van der Waals surface area contributed by atoms with E-state index < -0.39 is 0 Å². The van der Waals surface area contributed by atoms with Crippen molar-refractivity contribution in [2.24, 2.45) is 5.92 Å². The summed E-state index contributed by atoms with van der Waals surface area (Å²) in [6.45, 7) is 2.14. The standard InChI is InChI=1S/C11H15IO2/c1-8-2-3-10(11(12)4-8)5-9(6-13)7-14/h2-4,9,13-14H,5-7H2,1H3. The number of aliphatic hydroxyl groups excluding tert-OH is 2. The number of benzene rings is 1. The van der Waals surface area contributed by atoms with Crippen molar-refractivity contribution in [2.75, 3.05) is 13.2 Å². The van der Waals surface area contributed by atoms with Crippen molar-refractivity contribution < 1.29 is 10.2 Å². The molecule has 0 aliphatic heterocycles. The van der Waals surface area contributed by atoms with Gasteiger partial charge < -0.3 is 10.2 Å². The van der Waals surface area contributed by atoms with Crippen molar-refractivity contribution >= 4 is 22.6 Å². The van der Waals surface area contributed by atoms with Crippen LogP contribution in [0.25, 0.3) is 0 Å². The van der Waals surface area contributed by atoms with E-state index in [0.717, 1.165) is 6.42 Å². The maximum absolute atomic E-state index is 8.97. The number of aliphatic hydroxyl groups is 2. The van der Waals surface area contributed by atoms with Crippen molar-refractivity contribution in [2.45, 2.75) is 13.3 Å². The largest absolute Gasteiger partial charge is 0.396 e. The smallest absolute Gasteiger partial charge is 0.0484 e. The first-order chi connectivity index (χ1) is 6.67. The summed E-state index contributed by atoms with van der Waals surface area (Å²) >= 11 is 2.29. The topological polar surface area (TPSA) is 40.5 Å². The quantitative estimate of drug-likeness (QED) is 0.832. The fourth-order valence-corrected chi connectivity index (χ4v) is 2.21. The Morgan fingerprint density at radius 1 is 1.29 bits per heavy atom. The van der Waals surface area contributed by atoms with Gasteiger partial charge in [0.1, 0.15) is 0 Å². The van der Waals surface area contributed by atoms with Crippen molar-refractivity contribution in [1.82, 2.24) is 0 Å². The lowest BCUT2D eigenvalue weighted by Crippen LogP contribution is -2.14. The maximum atomic E-state index is 8.97. The molecule has 78 valence electrons. The highest BCUT2D eigenvalue weighted by Gasteiger charge is 2.09. The van der Waals surface area contributed by atoms with Gasteiger partial charge in [-0.2, -0.15) is 0 Å². The summed E-state index contributed by atoms with van der Waals surface area (Å²) < 4.78 is 1.20. The highest BCUT2D eigenvalue weighted by Crippen LogP contribution is 2.17. The molecule has 0 aromatic heterocycles. The molecular formula is C11H15IO2. The van der Waals surface area contributed by atoms with Gasteiger partial charge in [-0.1, -0.05) is 17.7 Å². The number of hydrogen-bond acceptors (Lipinski definition) is 2. The lowest BCUT2D eigenvalue weighted by atomic mass is 10.0. The Kier molecular flexibility index (Phi) is 4.84. The Morgan fingerprint density at radius 2 is 1.93 bits per heavy atom. The van der Waals surface area contributed by atoms with Gasteiger partial charge in [0.25, 0.3) is 0 Å². The van der Waals surface area contributed by atoms with Crippen LogP contribution in [-0.2, 0) is 6.42 Å². The monoisotopic (exact) mass is 306 g/mol. The van der Waals surface area contributed by atoms with Crippen molar-refractivity contribution in [3.63, 3.8) is 0 Å². The summed E-state index contributed by atoms with van der Waals surface area (Å²) in [5.41, 5.74) is 2.44. The molecule has 0 aliphatic rings. The Balaban J connectivity index is 2.76. The van der Waals surface area contributed by atoms with Crippen LogP contribution >= 0.6 is 22.6 Å². The minimum Gasteiger partial charge on any atom is -0.396 e. The molecule has 1 aromatic rings. The molecule has 1 rings (SSSR count). The molecule has 2 nitrogen and oxygen atoms in total. The van der Waals surface area contributed by atoms with Crippen LogP contribution in [-0.4, -0.2) is 23.4 Å². The SMILES string of the molecule is Cc1ccc(CC(CO)CO)c(I)c1. The second-order valence-electron chi connectivity index (χ2n) is 3.53. The average Bonchev–Trinajstić information content (AvgIpc) is 2.17. The predicted octanol–water partition coefficient (Wildman–Crippen LogP) is 1.74. The van der Waals surface area contributed by atoms with E-state index in [9.17, 15) is 0 Å². The molecule has 0 saturated carbocycles. The second-order valence-corrected chi connectivity index (χ2v) is 4.69. The molecular weight excluding hydrogens is 291 g/mol. The normalized spacial score (nSPS) is 10.9. The minimum atomic E-state index is -0.0359. The molecule has 14 heavy (non-hydrogen) atoms. The molecule has 0 bridgehead atoms. The first kappa shape index (κ1) is 11.9. The molecule has 2 N–H and O–H groups in total. The van der Waals surface area contributed by atoms with Gasteiger partial charge in [-0.25, -0.2) is 0 Å². The van der Waals surface area contributed by atoms with Crippen LogP contribution in [0.15, 0.2) is 18.2 Å². The Morgan fingerprint density at radius 3 is 2.43 bits per heavy atom. The van der Waals surface area contributed by atoms with Gasteiger partial charge in [-0.3, -0.25) is 0 Å². The minimum absolute atomic E-state index is 0.0359. The van der Waals surface area contributed by atoms with E-state index in [0.29, 0.717) is 0 Å². The third-order valence-electron chi connectivity index (χ3n) is 2.23. The fourth-order valence-electron chi connectivity index (χ4n) is 1.32. The van der Waals surface area contributed by atoms with Crippen molar-refractivity contribution in [3.8, 4) is 0 Å². The van der Waals surface area contributed by atoms with Crippen LogP contribution in [0.5, 0.6) is 0 Å².